The molecule has 2 rings (SSSR count). The molecule has 0 saturated heterocycles. The van der Waals surface area contributed by atoms with Crippen LogP contribution in [0.2, 0.25) is 0 Å². The fourth-order valence-electron chi connectivity index (χ4n) is 2.31. The molecule has 0 aliphatic rings. The predicted molar refractivity (Wildman–Crippen MR) is 79.5 cm³/mol. The molecule has 0 radical (unpaired) electrons. The molecular weight excluding hydrogens is 232 g/mol. The number of hydrogen-bond acceptors (Lipinski definition) is 1. The number of carbonyl (C=O) groups is 1. The molecule has 0 N–H and O–H groups in total. The minimum atomic E-state index is -0.0487. The molecule has 0 heterocycles. The third kappa shape index (κ3) is 3.54. The van der Waals surface area contributed by atoms with Crippen LogP contribution in [-0.2, 0) is 17.6 Å². The van der Waals surface area contributed by atoms with Gasteiger partial charge in [-0.2, -0.15) is 0 Å². The maximum Gasteiger partial charge on any atom is 0.127 e. The third-order valence-electron chi connectivity index (χ3n) is 3.52. The van der Waals surface area contributed by atoms with E-state index in [1.807, 2.05) is 12.1 Å². The highest BCUT2D eigenvalue weighted by Crippen LogP contribution is 2.20. The van der Waals surface area contributed by atoms with Crippen molar-refractivity contribution < 1.29 is 4.79 Å². The predicted octanol–water partition coefficient (Wildman–Crippen LogP) is 4.08. The van der Waals surface area contributed by atoms with E-state index in [0.717, 1.165) is 24.7 Å². The van der Waals surface area contributed by atoms with Crippen LogP contribution in [0.4, 0.5) is 0 Å². The van der Waals surface area contributed by atoms with E-state index in [1.165, 1.54) is 16.7 Å². The van der Waals surface area contributed by atoms with Gasteiger partial charge in [0.15, 0.2) is 0 Å². The van der Waals surface area contributed by atoms with E-state index in [2.05, 4.69) is 50.2 Å². The molecule has 0 bridgehead atoms. The summed E-state index contributed by atoms with van der Waals surface area (Å²) >= 11 is 0. The van der Waals surface area contributed by atoms with Crippen molar-refractivity contribution in [3.05, 3.63) is 70.8 Å². The molecule has 98 valence electrons. The van der Waals surface area contributed by atoms with E-state index < -0.39 is 0 Å². The van der Waals surface area contributed by atoms with Crippen molar-refractivity contribution >= 4 is 6.29 Å². The van der Waals surface area contributed by atoms with E-state index >= 15 is 0 Å². The summed E-state index contributed by atoms with van der Waals surface area (Å²) < 4.78 is 0. The van der Waals surface area contributed by atoms with Crippen LogP contribution < -0.4 is 0 Å². The molecule has 1 atom stereocenters. The molecule has 0 saturated carbocycles. The summed E-state index contributed by atoms with van der Waals surface area (Å²) in [6, 6.07) is 16.8. The van der Waals surface area contributed by atoms with Gasteiger partial charge in [-0.3, -0.25) is 0 Å². The summed E-state index contributed by atoms with van der Waals surface area (Å²) in [6.07, 6.45) is 2.88. The van der Waals surface area contributed by atoms with Gasteiger partial charge in [-0.15, -0.1) is 0 Å². The van der Waals surface area contributed by atoms with Crippen molar-refractivity contribution in [3.8, 4) is 0 Å². The van der Waals surface area contributed by atoms with E-state index in [4.69, 9.17) is 0 Å². The molecule has 0 spiro atoms. The minimum absolute atomic E-state index is 0.0487. The van der Waals surface area contributed by atoms with Gasteiger partial charge in [0.2, 0.25) is 0 Å². The summed E-state index contributed by atoms with van der Waals surface area (Å²) in [5, 5.41) is 0. The Labute approximate surface area is 115 Å². The van der Waals surface area contributed by atoms with E-state index in [9.17, 15) is 4.79 Å². The molecule has 1 heteroatoms. The van der Waals surface area contributed by atoms with E-state index in [0.29, 0.717) is 0 Å². The smallest absolute Gasteiger partial charge is 0.127 e. The van der Waals surface area contributed by atoms with Crippen LogP contribution in [0.25, 0.3) is 0 Å². The summed E-state index contributed by atoms with van der Waals surface area (Å²) in [5.74, 6) is -0.0487. The standard InChI is InChI=1S/C18H20O/c1-3-15-7-9-16(10-8-15)12-18(13-19)17-6-4-5-14(2)11-17/h4-11,13,18H,3,12H2,1-2H3. The molecule has 19 heavy (non-hydrogen) atoms. The Bertz CT molecular complexity index is 540. The van der Waals surface area contributed by atoms with Crippen LogP contribution in [0.5, 0.6) is 0 Å². The summed E-state index contributed by atoms with van der Waals surface area (Å²) in [5.41, 5.74) is 4.86. The van der Waals surface area contributed by atoms with Crippen molar-refractivity contribution in [3.63, 3.8) is 0 Å². The second kappa shape index (κ2) is 6.33. The van der Waals surface area contributed by atoms with Crippen LogP contribution in [0, 0.1) is 6.92 Å². The highest BCUT2D eigenvalue weighted by molar-refractivity contribution is 5.63. The van der Waals surface area contributed by atoms with Crippen LogP contribution >= 0.6 is 0 Å². The molecule has 0 fully saturated rings. The first-order valence-electron chi connectivity index (χ1n) is 6.82. The number of carbonyl (C=O) groups excluding carboxylic acids is 1. The highest BCUT2D eigenvalue weighted by Gasteiger charge is 2.11. The van der Waals surface area contributed by atoms with E-state index in [-0.39, 0.29) is 5.92 Å². The number of benzene rings is 2. The number of rotatable bonds is 5. The zero-order valence-electron chi connectivity index (χ0n) is 11.6. The monoisotopic (exact) mass is 252 g/mol. The normalized spacial score (nSPS) is 12.1. The zero-order chi connectivity index (χ0) is 13.7. The Morgan fingerprint density at radius 3 is 2.32 bits per heavy atom. The first kappa shape index (κ1) is 13.5. The molecule has 1 unspecified atom stereocenters. The molecule has 0 aliphatic heterocycles. The lowest BCUT2D eigenvalue weighted by Gasteiger charge is -2.12. The summed E-state index contributed by atoms with van der Waals surface area (Å²) in [6.45, 7) is 4.21. The van der Waals surface area contributed by atoms with Gasteiger partial charge >= 0.3 is 0 Å². The first-order chi connectivity index (χ1) is 9.22. The molecule has 0 amide bonds. The van der Waals surface area contributed by atoms with E-state index in [1.54, 1.807) is 0 Å². The van der Waals surface area contributed by atoms with Crippen LogP contribution in [0.15, 0.2) is 48.5 Å². The lowest BCUT2D eigenvalue weighted by Crippen LogP contribution is -2.04. The van der Waals surface area contributed by atoms with Crippen LogP contribution in [0.1, 0.15) is 35.1 Å². The van der Waals surface area contributed by atoms with Gasteiger partial charge in [0, 0.05) is 5.92 Å². The second-order valence-electron chi connectivity index (χ2n) is 5.03. The Kier molecular flexibility index (Phi) is 4.51. The van der Waals surface area contributed by atoms with Gasteiger partial charge in [0.1, 0.15) is 6.29 Å². The maximum absolute atomic E-state index is 11.3. The summed E-state index contributed by atoms with van der Waals surface area (Å²) in [7, 11) is 0. The number of hydrogen-bond donors (Lipinski definition) is 0. The lowest BCUT2D eigenvalue weighted by molar-refractivity contribution is -0.109. The van der Waals surface area contributed by atoms with Crippen molar-refractivity contribution in [2.45, 2.75) is 32.6 Å². The fourth-order valence-corrected chi connectivity index (χ4v) is 2.31. The molecule has 0 aromatic heterocycles. The van der Waals surface area contributed by atoms with Crippen LogP contribution in [0.3, 0.4) is 0 Å². The molecule has 2 aromatic carbocycles. The summed E-state index contributed by atoms with van der Waals surface area (Å²) in [4.78, 5) is 11.3. The van der Waals surface area contributed by atoms with Crippen LogP contribution in [-0.4, -0.2) is 6.29 Å². The fraction of sp³-hybridized carbons (Fsp3) is 0.278. The average molecular weight is 252 g/mol. The van der Waals surface area contributed by atoms with Gasteiger partial charge in [-0.25, -0.2) is 0 Å². The first-order valence-corrected chi connectivity index (χ1v) is 6.82. The molecule has 1 nitrogen and oxygen atoms in total. The Morgan fingerprint density at radius 1 is 1.05 bits per heavy atom. The molecular formula is C18H20O. The Morgan fingerprint density at radius 2 is 1.74 bits per heavy atom. The highest BCUT2D eigenvalue weighted by atomic mass is 16.1. The zero-order valence-corrected chi connectivity index (χ0v) is 11.6. The van der Waals surface area contributed by atoms with Crippen molar-refractivity contribution in [1.29, 1.82) is 0 Å². The molecule has 0 aliphatic carbocycles. The van der Waals surface area contributed by atoms with Crippen molar-refractivity contribution in [2.24, 2.45) is 0 Å². The lowest BCUT2D eigenvalue weighted by atomic mass is 9.92. The number of aldehydes is 1. The van der Waals surface area contributed by atoms with Gasteiger partial charge in [0.25, 0.3) is 0 Å². The average Bonchev–Trinajstić information content (AvgIpc) is 2.45. The van der Waals surface area contributed by atoms with Gasteiger partial charge in [-0.1, -0.05) is 61.0 Å². The maximum atomic E-state index is 11.3. The van der Waals surface area contributed by atoms with Gasteiger partial charge in [0.05, 0.1) is 0 Å². The molecule has 2 aromatic rings. The van der Waals surface area contributed by atoms with Crippen molar-refractivity contribution in [2.75, 3.05) is 0 Å². The largest absolute Gasteiger partial charge is 0.303 e. The second-order valence-corrected chi connectivity index (χ2v) is 5.03. The quantitative estimate of drug-likeness (QED) is 0.733. The Hall–Kier alpha value is -1.89. The van der Waals surface area contributed by atoms with Gasteiger partial charge in [-0.05, 0) is 36.5 Å². The number of aryl methyl sites for hydroxylation is 2. The van der Waals surface area contributed by atoms with Gasteiger partial charge < -0.3 is 4.79 Å². The third-order valence-corrected chi connectivity index (χ3v) is 3.52. The Balaban J connectivity index is 2.16. The topological polar surface area (TPSA) is 17.1 Å². The SMILES string of the molecule is CCc1ccc(CC(C=O)c2cccc(C)c2)cc1. The van der Waals surface area contributed by atoms with Crippen molar-refractivity contribution in [1.82, 2.24) is 0 Å². The minimum Gasteiger partial charge on any atom is -0.303 e.